The fraction of sp³-hybridized carbons (Fsp3) is 0.182. The second-order valence-corrected chi connectivity index (χ2v) is 15.9. The van der Waals surface area contributed by atoms with Gasteiger partial charge in [-0.25, -0.2) is 12.8 Å². The number of rotatable bonds is 9. The molecule has 0 atom stereocenters. The molecule has 56 heavy (non-hydrogen) atoms. The van der Waals surface area contributed by atoms with Crippen LogP contribution >= 0.6 is 0 Å². The highest BCUT2D eigenvalue weighted by Crippen LogP contribution is 2.45. The number of sulfone groups is 1. The molecule has 0 bridgehead atoms. The zero-order valence-electron chi connectivity index (χ0n) is 30.2. The summed E-state index contributed by atoms with van der Waals surface area (Å²) < 4.78 is 91.3. The Morgan fingerprint density at radius 2 is 1.34 bits per heavy atom. The van der Waals surface area contributed by atoms with Crippen LogP contribution in [0.1, 0.15) is 35.2 Å². The summed E-state index contributed by atoms with van der Waals surface area (Å²) in [6.45, 7) is 1.05. The van der Waals surface area contributed by atoms with Crippen LogP contribution in [-0.2, 0) is 21.6 Å². The van der Waals surface area contributed by atoms with Crippen molar-refractivity contribution in [2.24, 2.45) is 0 Å². The zero-order chi connectivity index (χ0) is 39.1. The van der Waals surface area contributed by atoms with Gasteiger partial charge in [0.25, 0.3) is 0 Å². The number of halogens is 4. The van der Waals surface area contributed by atoms with Gasteiger partial charge in [0.05, 0.1) is 10.4 Å². The summed E-state index contributed by atoms with van der Waals surface area (Å²) in [5.74, 6) is -0.773. The Kier molecular flexibility index (Phi) is 9.61. The Morgan fingerprint density at radius 1 is 0.750 bits per heavy atom. The molecule has 284 valence electrons. The molecule has 0 amide bonds. The maximum atomic E-state index is 15.2. The molecule has 2 aromatic heterocycles. The molecule has 1 aliphatic heterocycles. The molecule has 12 heteroatoms. The molecule has 8 rings (SSSR count). The van der Waals surface area contributed by atoms with E-state index in [0.29, 0.717) is 42.4 Å². The van der Waals surface area contributed by atoms with E-state index in [2.05, 4.69) is 15.0 Å². The third-order valence-electron chi connectivity index (χ3n) is 10.3. The van der Waals surface area contributed by atoms with Gasteiger partial charge in [0.15, 0.2) is 27.1 Å². The number of pyridine rings is 1. The molecule has 7 nitrogen and oxygen atoms in total. The average Bonchev–Trinajstić information content (AvgIpc) is 3.67. The van der Waals surface area contributed by atoms with E-state index >= 15 is 13.2 Å². The molecule has 7 aromatic rings. The van der Waals surface area contributed by atoms with Crippen molar-refractivity contribution in [1.29, 1.82) is 0 Å². The summed E-state index contributed by atoms with van der Waals surface area (Å²) in [6.07, 6.45) is 0.136. The quantitative estimate of drug-likeness (QED) is 0.107. The standard InChI is InChI=1S/C44H36F4N4O3S/c1-56(53,54)35-18-20-41(38(45)28-35)55-34-22-25-51(26-23-34)40-21-24-49-39-19-17-30(27-36(39)40)37-29-52(50-42(37)44(46,47)48)43(31-11-5-2-6-12-31,32-13-7-3-8-14-32)33-15-9-4-10-16-33/h2-21,24,27-29,34H,22-23,25-26H2,1H3. The van der Waals surface area contributed by atoms with Crippen LogP contribution in [0.3, 0.4) is 0 Å². The number of aromatic nitrogens is 3. The second kappa shape index (κ2) is 14.6. The summed E-state index contributed by atoms with van der Waals surface area (Å²) in [5, 5.41) is 5.09. The van der Waals surface area contributed by atoms with Gasteiger partial charge in [-0.15, -0.1) is 0 Å². The molecule has 3 heterocycles. The van der Waals surface area contributed by atoms with Crippen LogP contribution in [0.2, 0.25) is 0 Å². The molecule has 0 spiro atoms. The van der Waals surface area contributed by atoms with E-state index in [1.54, 1.807) is 24.4 Å². The van der Waals surface area contributed by atoms with Crippen molar-refractivity contribution in [3.05, 3.63) is 174 Å². The van der Waals surface area contributed by atoms with Crippen LogP contribution in [0.5, 0.6) is 5.75 Å². The van der Waals surface area contributed by atoms with Crippen LogP contribution in [-0.4, -0.2) is 48.6 Å². The van der Waals surface area contributed by atoms with E-state index in [1.807, 2.05) is 97.1 Å². The summed E-state index contributed by atoms with van der Waals surface area (Å²) in [7, 11) is -3.57. The molecule has 1 saturated heterocycles. The lowest BCUT2D eigenvalue weighted by Crippen LogP contribution is -2.38. The minimum atomic E-state index is -4.78. The zero-order valence-corrected chi connectivity index (χ0v) is 31.0. The fourth-order valence-electron chi connectivity index (χ4n) is 7.68. The second-order valence-electron chi connectivity index (χ2n) is 13.9. The van der Waals surface area contributed by atoms with Gasteiger partial charge < -0.3 is 9.64 Å². The third kappa shape index (κ3) is 6.89. The molecule has 1 fully saturated rings. The number of hydrogen-bond donors (Lipinski definition) is 0. The van der Waals surface area contributed by atoms with Gasteiger partial charge in [-0.2, -0.15) is 18.3 Å². The SMILES string of the molecule is CS(=O)(=O)c1ccc(OC2CCN(c3ccnc4ccc(-c5cn(C(c6ccccc6)(c6ccccc6)c6ccccc6)nc5C(F)(F)F)cc34)CC2)c(F)c1. The predicted molar refractivity (Wildman–Crippen MR) is 208 cm³/mol. The number of anilines is 1. The molecule has 0 aliphatic carbocycles. The van der Waals surface area contributed by atoms with E-state index in [-0.39, 0.29) is 22.3 Å². The maximum absolute atomic E-state index is 15.2. The van der Waals surface area contributed by atoms with Crippen molar-refractivity contribution in [2.45, 2.75) is 35.6 Å². The number of ether oxygens (including phenoxy) is 1. The van der Waals surface area contributed by atoms with Crippen LogP contribution < -0.4 is 9.64 Å². The molecule has 0 N–H and O–H groups in total. The van der Waals surface area contributed by atoms with E-state index in [9.17, 15) is 12.8 Å². The smallest absolute Gasteiger partial charge is 0.435 e. The van der Waals surface area contributed by atoms with Gasteiger partial charge in [-0.05, 0) is 58.7 Å². The normalized spacial score (nSPS) is 14.3. The lowest BCUT2D eigenvalue weighted by Gasteiger charge is -2.36. The number of hydrogen-bond acceptors (Lipinski definition) is 6. The number of benzene rings is 5. The van der Waals surface area contributed by atoms with Crippen molar-refractivity contribution in [3.63, 3.8) is 0 Å². The first kappa shape index (κ1) is 36.9. The summed E-state index contributed by atoms with van der Waals surface area (Å²) in [5.41, 5.74) is 1.64. The Morgan fingerprint density at radius 3 is 1.88 bits per heavy atom. The highest BCUT2D eigenvalue weighted by molar-refractivity contribution is 7.90. The highest BCUT2D eigenvalue weighted by atomic mass is 32.2. The van der Waals surface area contributed by atoms with Crippen LogP contribution in [0, 0.1) is 5.82 Å². The van der Waals surface area contributed by atoms with Crippen LogP contribution in [0.4, 0.5) is 23.2 Å². The van der Waals surface area contributed by atoms with Gasteiger partial charge in [0, 0.05) is 61.2 Å². The fourth-order valence-corrected chi connectivity index (χ4v) is 8.31. The van der Waals surface area contributed by atoms with E-state index < -0.39 is 33.1 Å². The number of piperidine rings is 1. The minimum Gasteiger partial charge on any atom is -0.487 e. The Labute approximate surface area is 321 Å². The third-order valence-corrected chi connectivity index (χ3v) is 11.4. The van der Waals surface area contributed by atoms with Crippen molar-refractivity contribution >= 4 is 26.4 Å². The largest absolute Gasteiger partial charge is 0.487 e. The Bertz CT molecular complexity index is 2510. The minimum absolute atomic E-state index is 0.0216. The molecule has 0 radical (unpaired) electrons. The molecule has 0 unspecified atom stereocenters. The van der Waals surface area contributed by atoms with Gasteiger partial charge >= 0.3 is 6.18 Å². The van der Waals surface area contributed by atoms with Gasteiger partial charge in [-0.3, -0.25) is 9.67 Å². The Balaban J connectivity index is 1.18. The van der Waals surface area contributed by atoms with Crippen molar-refractivity contribution < 1.29 is 30.7 Å². The summed E-state index contributed by atoms with van der Waals surface area (Å²) >= 11 is 0. The Hall–Kier alpha value is -6.01. The maximum Gasteiger partial charge on any atom is 0.435 e. The first-order chi connectivity index (χ1) is 26.9. The first-order valence-electron chi connectivity index (χ1n) is 18.1. The van der Waals surface area contributed by atoms with Crippen molar-refractivity contribution in [3.8, 4) is 16.9 Å². The van der Waals surface area contributed by atoms with Gasteiger partial charge in [0.2, 0.25) is 0 Å². The van der Waals surface area contributed by atoms with Gasteiger partial charge in [-0.1, -0.05) is 97.1 Å². The number of nitrogens with zero attached hydrogens (tertiary/aromatic N) is 4. The van der Waals surface area contributed by atoms with E-state index in [0.717, 1.165) is 34.7 Å². The first-order valence-corrected chi connectivity index (χ1v) is 20.0. The van der Waals surface area contributed by atoms with Crippen molar-refractivity contribution in [1.82, 2.24) is 14.8 Å². The summed E-state index contributed by atoms with van der Waals surface area (Å²) in [4.78, 5) is 6.53. The number of alkyl halides is 3. The van der Waals surface area contributed by atoms with E-state index in [1.165, 1.54) is 23.0 Å². The monoisotopic (exact) mass is 776 g/mol. The van der Waals surface area contributed by atoms with Crippen LogP contribution in [0.15, 0.2) is 151 Å². The molecule has 1 aliphatic rings. The lowest BCUT2D eigenvalue weighted by atomic mass is 9.77. The molecule has 5 aromatic carbocycles. The summed E-state index contributed by atoms with van der Waals surface area (Å²) in [6, 6.07) is 38.8. The molecular weight excluding hydrogens is 741 g/mol. The van der Waals surface area contributed by atoms with Crippen LogP contribution in [0.25, 0.3) is 22.0 Å². The van der Waals surface area contributed by atoms with Crippen molar-refractivity contribution in [2.75, 3.05) is 24.2 Å². The lowest BCUT2D eigenvalue weighted by molar-refractivity contribution is -0.141. The highest BCUT2D eigenvalue weighted by Gasteiger charge is 2.44. The van der Waals surface area contributed by atoms with Gasteiger partial charge in [0.1, 0.15) is 11.6 Å². The predicted octanol–water partition coefficient (Wildman–Crippen LogP) is 9.55. The number of fused-ring (bicyclic) bond motifs is 1. The topological polar surface area (TPSA) is 77.3 Å². The average molecular weight is 777 g/mol. The van der Waals surface area contributed by atoms with E-state index in [4.69, 9.17) is 4.74 Å². The molecular formula is C44H36F4N4O3S. The molecule has 0 saturated carbocycles.